The first kappa shape index (κ1) is 22.5. The molecule has 1 aromatic heterocycles. The third-order valence-corrected chi connectivity index (χ3v) is 7.19. The molecule has 0 bridgehead atoms. The number of hydrogen-bond donors (Lipinski definition) is 2. The lowest BCUT2D eigenvalue weighted by atomic mass is 9.88. The summed E-state index contributed by atoms with van der Waals surface area (Å²) in [6, 6.07) is 8.80. The van der Waals surface area contributed by atoms with Crippen molar-refractivity contribution in [1.29, 1.82) is 0 Å². The maximum atomic E-state index is 13.1. The minimum absolute atomic E-state index is 0.0143. The van der Waals surface area contributed by atoms with Gasteiger partial charge in [-0.3, -0.25) is 14.4 Å². The predicted octanol–water partition coefficient (Wildman–Crippen LogP) is 3.60. The van der Waals surface area contributed by atoms with Gasteiger partial charge in [-0.05, 0) is 61.4 Å². The van der Waals surface area contributed by atoms with Gasteiger partial charge in [-0.2, -0.15) is 0 Å². The molecule has 0 spiro atoms. The van der Waals surface area contributed by atoms with Crippen LogP contribution in [0.5, 0.6) is 0 Å². The van der Waals surface area contributed by atoms with Gasteiger partial charge in [-0.1, -0.05) is 18.9 Å². The third-order valence-electron chi connectivity index (χ3n) is 6.33. The van der Waals surface area contributed by atoms with Crippen molar-refractivity contribution < 1.29 is 18.8 Å². The van der Waals surface area contributed by atoms with Crippen molar-refractivity contribution in [2.24, 2.45) is 5.92 Å². The molecule has 3 atom stereocenters. The molecule has 3 amide bonds. The summed E-state index contributed by atoms with van der Waals surface area (Å²) in [4.78, 5) is 40.8. The van der Waals surface area contributed by atoms with E-state index in [4.69, 9.17) is 0 Å². The first-order valence-corrected chi connectivity index (χ1v) is 12.1. The number of carbonyl (C=O) groups excluding carboxylic acids is 3. The van der Waals surface area contributed by atoms with E-state index >= 15 is 0 Å². The van der Waals surface area contributed by atoms with E-state index in [2.05, 4.69) is 10.6 Å². The third kappa shape index (κ3) is 5.35. The molecule has 6 nitrogen and oxygen atoms in total. The number of piperidine rings is 1. The zero-order chi connectivity index (χ0) is 22.5. The van der Waals surface area contributed by atoms with Crippen molar-refractivity contribution in [2.45, 2.75) is 50.6 Å². The van der Waals surface area contributed by atoms with Gasteiger partial charge in [0.25, 0.3) is 11.8 Å². The summed E-state index contributed by atoms with van der Waals surface area (Å²) in [6.45, 7) is 1.09. The van der Waals surface area contributed by atoms with Gasteiger partial charge in [-0.25, -0.2) is 4.39 Å². The molecular weight excluding hydrogens is 429 g/mol. The first-order valence-electron chi connectivity index (χ1n) is 11.2. The van der Waals surface area contributed by atoms with Gasteiger partial charge in [-0.15, -0.1) is 11.3 Å². The van der Waals surface area contributed by atoms with Gasteiger partial charge < -0.3 is 15.5 Å². The van der Waals surface area contributed by atoms with Crippen LogP contribution in [0, 0.1) is 11.7 Å². The number of benzene rings is 1. The van der Waals surface area contributed by atoms with Crippen LogP contribution in [0.4, 0.5) is 4.39 Å². The fraction of sp³-hybridized carbons (Fsp3) is 0.458. The summed E-state index contributed by atoms with van der Waals surface area (Å²) in [5, 5.41) is 8.05. The molecular formula is C24H28FN3O3S. The molecule has 1 aromatic carbocycles. The molecule has 2 fully saturated rings. The molecule has 1 saturated heterocycles. The molecule has 2 aromatic rings. The van der Waals surface area contributed by atoms with Crippen LogP contribution in [0.25, 0.3) is 0 Å². The Hall–Kier alpha value is -2.74. The van der Waals surface area contributed by atoms with Crippen molar-refractivity contribution in [2.75, 3.05) is 13.1 Å². The average Bonchev–Trinajstić information content (AvgIpc) is 3.35. The number of amides is 3. The van der Waals surface area contributed by atoms with Gasteiger partial charge in [0, 0.05) is 30.7 Å². The van der Waals surface area contributed by atoms with Crippen molar-refractivity contribution in [3.8, 4) is 0 Å². The second-order valence-electron chi connectivity index (χ2n) is 8.55. The Morgan fingerprint density at radius 2 is 1.66 bits per heavy atom. The summed E-state index contributed by atoms with van der Waals surface area (Å²) in [5.41, 5.74) is 0.400. The van der Waals surface area contributed by atoms with E-state index in [0.717, 1.165) is 38.5 Å². The van der Waals surface area contributed by atoms with Gasteiger partial charge in [0.1, 0.15) is 5.82 Å². The van der Waals surface area contributed by atoms with Gasteiger partial charge in [0.2, 0.25) is 5.91 Å². The second-order valence-corrected chi connectivity index (χ2v) is 9.50. The summed E-state index contributed by atoms with van der Waals surface area (Å²) < 4.78 is 13.1. The van der Waals surface area contributed by atoms with E-state index in [1.54, 1.807) is 4.90 Å². The van der Waals surface area contributed by atoms with Crippen LogP contribution in [0.1, 0.15) is 58.6 Å². The van der Waals surface area contributed by atoms with Crippen molar-refractivity contribution in [1.82, 2.24) is 15.5 Å². The zero-order valence-electron chi connectivity index (χ0n) is 17.9. The number of halogens is 1. The molecule has 1 aliphatic heterocycles. The van der Waals surface area contributed by atoms with Gasteiger partial charge >= 0.3 is 0 Å². The van der Waals surface area contributed by atoms with E-state index in [0.29, 0.717) is 23.5 Å². The molecule has 2 N–H and O–H groups in total. The predicted molar refractivity (Wildman–Crippen MR) is 121 cm³/mol. The van der Waals surface area contributed by atoms with Crippen molar-refractivity contribution in [3.05, 3.63) is 58.0 Å². The number of nitrogens with zero attached hydrogens (tertiary/aromatic N) is 1. The van der Waals surface area contributed by atoms with E-state index in [-0.39, 0.29) is 41.5 Å². The van der Waals surface area contributed by atoms with Crippen LogP contribution >= 0.6 is 11.3 Å². The maximum absolute atomic E-state index is 13.1. The number of nitrogens with one attached hydrogen (secondary N) is 2. The number of hydrogen-bond acceptors (Lipinski definition) is 4. The summed E-state index contributed by atoms with van der Waals surface area (Å²) in [5.74, 6) is -0.964. The number of rotatable bonds is 5. The van der Waals surface area contributed by atoms with Crippen LogP contribution in [-0.4, -0.2) is 47.8 Å². The second kappa shape index (κ2) is 10.3. The normalized spacial score (nSPS) is 23.4. The largest absolute Gasteiger partial charge is 0.351 e. The summed E-state index contributed by atoms with van der Waals surface area (Å²) in [6.07, 6.45) is 5.09. The van der Waals surface area contributed by atoms with E-state index in [9.17, 15) is 18.8 Å². The molecule has 0 radical (unpaired) electrons. The van der Waals surface area contributed by atoms with E-state index in [1.807, 2.05) is 17.5 Å². The molecule has 2 unspecified atom stereocenters. The van der Waals surface area contributed by atoms with Crippen LogP contribution in [0.3, 0.4) is 0 Å². The Balaban J connectivity index is 1.35. The summed E-state index contributed by atoms with van der Waals surface area (Å²) in [7, 11) is 0. The molecule has 8 heteroatoms. The van der Waals surface area contributed by atoms with Crippen molar-refractivity contribution >= 4 is 29.1 Å². The van der Waals surface area contributed by atoms with E-state index < -0.39 is 0 Å². The topological polar surface area (TPSA) is 78.5 Å². The lowest BCUT2D eigenvalue weighted by Crippen LogP contribution is -2.55. The number of likely N-dealkylation sites (tertiary alicyclic amines) is 1. The number of carbonyl (C=O) groups is 3. The van der Waals surface area contributed by atoms with Crippen LogP contribution in [0.15, 0.2) is 41.8 Å². The van der Waals surface area contributed by atoms with E-state index in [1.165, 1.54) is 35.6 Å². The lowest BCUT2D eigenvalue weighted by Gasteiger charge is -2.36. The Bertz CT molecular complexity index is 948. The SMILES string of the molecule is O=C(N[C@@H]1CCCCC1NC(=O)C1CCCN(C(=O)c2cccs2)C1)c1ccc(F)cc1. The molecule has 170 valence electrons. The molecule has 32 heavy (non-hydrogen) atoms. The Morgan fingerprint density at radius 1 is 0.938 bits per heavy atom. The highest BCUT2D eigenvalue weighted by Gasteiger charge is 2.33. The van der Waals surface area contributed by atoms with Crippen LogP contribution in [0.2, 0.25) is 0 Å². The monoisotopic (exact) mass is 457 g/mol. The Kier molecular flexibility index (Phi) is 7.19. The fourth-order valence-electron chi connectivity index (χ4n) is 4.56. The Morgan fingerprint density at radius 3 is 2.34 bits per heavy atom. The highest BCUT2D eigenvalue weighted by atomic mass is 32.1. The van der Waals surface area contributed by atoms with Crippen LogP contribution in [-0.2, 0) is 4.79 Å². The highest BCUT2D eigenvalue weighted by molar-refractivity contribution is 7.12. The fourth-order valence-corrected chi connectivity index (χ4v) is 5.25. The summed E-state index contributed by atoms with van der Waals surface area (Å²) >= 11 is 1.41. The molecule has 1 saturated carbocycles. The number of thiophene rings is 1. The zero-order valence-corrected chi connectivity index (χ0v) is 18.7. The molecule has 1 aliphatic carbocycles. The standard InChI is InChI=1S/C24H28FN3O3S/c25-18-11-9-16(10-12-18)22(29)26-19-6-1-2-7-20(19)27-23(30)17-5-3-13-28(15-17)24(31)21-8-4-14-32-21/h4,8-12,14,17,19-20H,1-3,5-7,13,15H2,(H,26,29)(H,27,30)/t17?,19-,20?/m1/s1. The van der Waals surface area contributed by atoms with Crippen LogP contribution < -0.4 is 10.6 Å². The maximum Gasteiger partial charge on any atom is 0.263 e. The smallest absolute Gasteiger partial charge is 0.263 e. The average molecular weight is 458 g/mol. The quantitative estimate of drug-likeness (QED) is 0.720. The van der Waals surface area contributed by atoms with Gasteiger partial charge in [0.15, 0.2) is 0 Å². The highest BCUT2D eigenvalue weighted by Crippen LogP contribution is 2.23. The van der Waals surface area contributed by atoms with Crippen molar-refractivity contribution in [3.63, 3.8) is 0 Å². The molecule has 4 rings (SSSR count). The minimum Gasteiger partial charge on any atom is -0.351 e. The lowest BCUT2D eigenvalue weighted by molar-refractivity contribution is -0.127. The first-order chi connectivity index (χ1) is 15.5. The minimum atomic E-state index is -0.386. The molecule has 2 aliphatic rings. The molecule has 2 heterocycles. The Labute approximate surface area is 191 Å². The van der Waals surface area contributed by atoms with Gasteiger partial charge in [0.05, 0.1) is 10.8 Å².